The van der Waals surface area contributed by atoms with Crippen LogP contribution < -0.4 is 0 Å². The van der Waals surface area contributed by atoms with Gasteiger partial charge in [0, 0.05) is 19.1 Å². The van der Waals surface area contributed by atoms with Gasteiger partial charge < -0.3 is 4.74 Å². The Balaban J connectivity index is 2.11. The number of hydrogen-bond acceptors (Lipinski definition) is 2. The van der Waals surface area contributed by atoms with Crippen molar-refractivity contribution in [1.82, 2.24) is 4.90 Å². The van der Waals surface area contributed by atoms with Gasteiger partial charge in [0.2, 0.25) is 0 Å². The van der Waals surface area contributed by atoms with Gasteiger partial charge in [-0.3, -0.25) is 4.90 Å². The van der Waals surface area contributed by atoms with Crippen molar-refractivity contribution in [1.29, 1.82) is 0 Å². The molecular formula is C17H25NO. The van der Waals surface area contributed by atoms with Gasteiger partial charge in [-0.25, -0.2) is 0 Å². The summed E-state index contributed by atoms with van der Waals surface area (Å²) in [6.45, 7) is 12.6. The van der Waals surface area contributed by atoms with E-state index in [2.05, 4.69) is 56.9 Å². The van der Waals surface area contributed by atoms with Crippen LogP contribution in [-0.2, 0) is 4.74 Å². The molecule has 0 bridgehead atoms. The van der Waals surface area contributed by atoms with Gasteiger partial charge in [0.15, 0.2) is 0 Å². The van der Waals surface area contributed by atoms with Gasteiger partial charge in [0.05, 0.1) is 13.2 Å². The summed E-state index contributed by atoms with van der Waals surface area (Å²) in [5, 5.41) is 0. The molecule has 1 heterocycles. The molecule has 104 valence electrons. The molecule has 19 heavy (non-hydrogen) atoms. The summed E-state index contributed by atoms with van der Waals surface area (Å²) in [4.78, 5) is 2.49. The molecule has 1 atom stereocenters. The molecule has 0 spiro atoms. The lowest BCUT2D eigenvalue weighted by Gasteiger charge is -2.32. The van der Waals surface area contributed by atoms with Crippen molar-refractivity contribution in [3.05, 3.63) is 41.0 Å². The zero-order valence-corrected chi connectivity index (χ0v) is 12.6. The van der Waals surface area contributed by atoms with E-state index in [9.17, 15) is 0 Å². The molecule has 2 nitrogen and oxygen atoms in total. The van der Waals surface area contributed by atoms with Gasteiger partial charge in [0.25, 0.3) is 0 Å². The minimum absolute atomic E-state index is 0.477. The number of benzene rings is 1. The van der Waals surface area contributed by atoms with Gasteiger partial charge >= 0.3 is 0 Å². The van der Waals surface area contributed by atoms with Crippen LogP contribution in [0.2, 0.25) is 0 Å². The maximum Gasteiger partial charge on any atom is 0.0594 e. The largest absolute Gasteiger partial charge is 0.379 e. The second-order valence-corrected chi connectivity index (χ2v) is 5.57. The summed E-state index contributed by atoms with van der Waals surface area (Å²) in [6, 6.07) is 9.50. The molecule has 1 fully saturated rings. The van der Waals surface area contributed by atoms with Crippen molar-refractivity contribution in [2.24, 2.45) is 0 Å². The van der Waals surface area contributed by atoms with Crippen LogP contribution in [0.4, 0.5) is 0 Å². The summed E-state index contributed by atoms with van der Waals surface area (Å²) in [6.07, 6.45) is 0. The molecule has 0 amide bonds. The molecule has 0 aromatic heterocycles. The van der Waals surface area contributed by atoms with Crippen LogP contribution in [0, 0.1) is 0 Å². The van der Waals surface area contributed by atoms with Crippen LogP contribution >= 0.6 is 0 Å². The summed E-state index contributed by atoms with van der Waals surface area (Å²) in [5.41, 5.74) is 5.49. The first-order valence-corrected chi connectivity index (χ1v) is 7.16. The Morgan fingerprint density at radius 3 is 2.16 bits per heavy atom. The second-order valence-electron chi connectivity index (χ2n) is 5.57. The van der Waals surface area contributed by atoms with Crippen molar-refractivity contribution >= 4 is 5.57 Å². The average molecular weight is 259 g/mol. The maximum absolute atomic E-state index is 5.41. The minimum Gasteiger partial charge on any atom is -0.379 e. The molecule has 1 aromatic rings. The molecule has 2 rings (SSSR count). The lowest BCUT2D eigenvalue weighted by molar-refractivity contribution is 0.0198. The fourth-order valence-electron chi connectivity index (χ4n) is 2.48. The Labute approximate surface area is 117 Å². The third-order valence-electron chi connectivity index (χ3n) is 4.17. The number of nitrogens with zero attached hydrogens (tertiary/aromatic N) is 1. The lowest BCUT2D eigenvalue weighted by atomic mass is 9.99. The molecule has 1 aromatic carbocycles. The molecule has 0 N–H and O–H groups in total. The Hall–Kier alpha value is -1.12. The van der Waals surface area contributed by atoms with Gasteiger partial charge in [-0.2, -0.15) is 0 Å². The van der Waals surface area contributed by atoms with Crippen molar-refractivity contribution in [2.75, 3.05) is 26.3 Å². The van der Waals surface area contributed by atoms with Gasteiger partial charge in [0.1, 0.15) is 0 Å². The first-order valence-electron chi connectivity index (χ1n) is 7.16. The van der Waals surface area contributed by atoms with Crippen molar-refractivity contribution in [3.63, 3.8) is 0 Å². The Bertz CT molecular complexity index is 437. The quantitative estimate of drug-likeness (QED) is 0.816. The smallest absolute Gasteiger partial charge is 0.0594 e. The fraction of sp³-hybridized carbons (Fsp3) is 0.529. The van der Waals surface area contributed by atoms with Crippen molar-refractivity contribution in [3.8, 4) is 0 Å². The predicted octanol–water partition coefficient (Wildman–Crippen LogP) is 3.89. The third kappa shape index (κ3) is 3.46. The summed E-state index contributed by atoms with van der Waals surface area (Å²) >= 11 is 0. The molecule has 0 saturated carbocycles. The minimum atomic E-state index is 0.477. The monoisotopic (exact) mass is 259 g/mol. The first-order chi connectivity index (χ1) is 9.09. The van der Waals surface area contributed by atoms with E-state index in [1.54, 1.807) is 0 Å². The number of rotatable bonds is 3. The van der Waals surface area contributed by atoms with Crippen LogP contribution in [0.15, 0.2) is 29.8 Å². The predicted molar refractivity (Wildman–Crippen MR) is 81.2 cm³/mol. The number of morpholine rings is 1. The van der Waals surface area contributed by atoms with Crippen LogP contribution in [0.3, 0.4) is 0 Å². The highest BCUT2D eigenvalue weighted by molar-refractivity contribution is 5.66. The highest BCUT2D eigenvalue weighted by Crippen LogP contribution is 2.24. The van der Waals surface area contributed by atoms with Crippen molar-refractivity contribution < 1.29 is 4.74 Å². The SMILES string of the molecule is CC(C)=C(C)c1ccc(C(C)N2CCOCC2)cc1. The standard InChI is InChI=1S/C17H25NO/c1-13(2)14(3)16-5-7-17(8-6-16)15(4)18-9-11-19-12-10-18/h5-8,15H,9-12H2,1-4H3. The van der Waals surface area contributed by atoms with E-state index in [0.717, 1.165) is 26.3 Å². The summed E-state index contributed by atoms with van der Waals surface area (Å²) in [5.74, 6) is 0. The molecular weight excluding hydrogens is 234 g/mol. The zero-order chi connectivity index (χ0) is 13.8. The van der Waals surface area contributed by atoms with Crippen LogP contribution in [0.25, 0.3) is 5.57 Å². The Morgan fingerprint density at radius 1 is 1.05 bits per heavy atom. The molecule has 0 radical (unpaired) electrons. The van der Waals surface area contributed by atoms with Crippen LogP contribution in [-0.4, -0.2) is 31.2 Å². The average Bonchev–Trinajstić information content (AvgIpc) is 2.46. The number of ether oxygens (including phenoxy) is 1. The summed E-state index contributed by atoms with van der Waals surface area (Å²) in [7, 11) is 0. The van der Waals surface area contributed by atoms with Crippen molar-refractivity contribution in [2.45, 2.75) is 33.7 Å². The Kier molecular flexibility index (Phi) is 4.78. The maximum atomic E-state index is 5.41. The lowest BCUT2D eigenvalue weighted by Crippen LogP contribution is -2.37. The highest BCUT2D eigenvalue weighted by Gasteiger charge is 2.18. The molecule has 1 aliphatic heterocycles. The van der Waals surface area contributed by atoms with Crippen LogP contribution in [0.1, 0.15) is 44.9 Å². The molecule has 1 saturated heterocycles. The molecule has 2 heteroatoms. The number of allylic oxidation sites excluding steroid dienone is 2. The van der Waals surface area contributed by atoms with E-state index in [0.29, 0.717) is 6.04 Å². The zero-order valence-electron chi connectivity index (χ0n) is 12.6. The van der Waals surface area contributed by atoms with E-state index in [1.165, 1.54) is 22.3 Å². The summed E-state index contributed by atoms with van der Waals surface area (Å²) < 4.78 is 5.41. The van der Waals surface area contributed by atoms with Gasteiger partial charge in [-0.05, 0) is 44.4 Å². The van der Waals surface area contributed by atoms with E-state index in [4.69, 9.17) is 4.74 Å². The van der Waals surface area contributed by atoms with Gasteiger partial charge in [-0.15, -0.1) is 0 Å². The second kappa shape index (κ2) is 6.36. The van der Waals surface area contributed by atoms with Crippen LogP contribution in [0.5, 0.6) is 0 Å². The highest BCUT2D eigenvalue weighted by atomic mass is 16.5. The number of hydrogen-bond donors (Lipinski definition) is 0. The first kappa shape index (κ1) is 14.3. The van der Waals surface area contributed by atoms with E-state index < -0.39 is 0 Å². The van der Waals surface area contributed by atoms with E-state index in [1.807, 2.05) is 0 Å². The fourth-order valence-corrected chi connectivity index (χ4v) is 2.48. The molecule has 0 aliphatic carbocycles. The van der Waals surface area contributed by atoms with E-state index >= 15 is 0 Å². The van der Waals surface area contributed by atoms with Gasteiger partial charge in [-0.1, -0.05) is 29.8 Å². The molecule has 1 aliphatic rings. The molecule has 1 unspecified atom stereocenters. The van der Waals surface area contributed by atoms with E-state index in [-0.39, 0.29) is 0 Å². The Morgan fingerprint density at radius 2 is 1.63 bits per heavy atom. The third-order valence-corrected chi connectivity index (χ3v) is 4.17. The normalized spacial score (nSPS) is 18.1. The topological polar surface area (TPSA) is 12.5 Å².